The molecule has 0 amide bonds. The van der Waals surface area contributed by atoms with Gasteiger partial charge in [0.1, 0.15) is 0 Å². The van der Waals surface area contributed by atoms with Crippen LogP contribution in [0.1, 0.15) is 43.4 Å². The Kier molecular flexibility index (Phi) is 5.23. The van der Waals surface area contributed by atoms with E-state index >= 15 is 0 Å². The van der Waals surface area contributed by atoms with E-state index in [1.54, 1.807) is 0 Å². The average molecular weight is 424 g/mol. The van der Waals surface area contributed by atoms with E-state index in [9.17, 15) is 13.2 Å². The molecule has 2 aliphatic rings. The Bertz CT molecular complexity index is 1080. The van der Waals surface area contributed by atoms with Crippen molar-refractivity contribution in [3.05, 3.63) is 76.9 Å². The highest BCUT2D eigenvalue weighted by molar-refractivity contribution is 7.89. The van der Waals surface area contributed by atoms with Crippen LogP contribution in [0, 0.1) is 23.7 Å². The molecular weight excluding hydrogens is 394 g/mol. The van der Waals surface area contributed by atoms with E-state index in [0.717, 1.165) is 23.1 Å². The highest BCUT2D eigenvalue weighted by Gasteiger charge is 2.67. The molecule has 0 aliphatic heterocycles. The number of Topliss-reactive ketones (excluding diaryl/α,β-unsaturated/α-hetero) is 1. The van der Waals surface area contributed by atoms with Gasteiger partial charge in [-0.1, -0.05) is 74.0 Å². The van der Waals surface area contributed by atoms with Crippen LogP contribution in [0.4, 0.5) is 0 Å². The zero-order valence-electron chi connectivity index (χ0n) is 17.8. The van der Waals surface area contributed by atoms with E-state index in [2.05, 4.69) is 18.6 Å². The molecule has 30 heavy (non-hydrogen) atoms. The summed E-state index contributed by atoms with van der Waals surface area (Å²) in [5, 5.41) is 0. The van der Waals surface area contributed by atoms with E-state index in [0.29, 0.717) is 6.42 Å². The quantitative estimate of drug-likeness (QED) is 0.696. The van der Waals surface area contributed by atoms with Gasteiger partial charge in [-0.3, -0.25) is 4.79 Å². The van der Waals surface area contributed by atoms with Crippen LogP contribution in [-0.4, -0.2) is 20.0 Å². The van der Waals surface area contributed by atoms with Crippen molar-refractivity contribution >= 4 is 21.9 Å². The number of allylic oxidation sites excluding steroid dienone is 1. The fourth-order valence-electron chi connectivity index (χ4n) is 5.29. The third-order valence-electron chi connectivity index (χ3n) is 7.21. The van der Waals surface area contributed by atoms with Crippen molar-refractivity contribution in [3.8, 4) is 0 Å². The first kappa shape index (κ1) is 21.0. The highest BCUT2D eigenvalue weighted by atomic mass is 32.2. The summed E-state index contributed by atoms with van der Waals surface area (Å²) in [4.78, 5) is 13.6. The zero-order valence-corrected chi connectivity index (χ0v) is 18.6. The molecule has 158 valence electrons. The maximum atomic E-state index is 13.6. The largest absolute Gasteiger partial charge is 0.294 e. The second kappa shape index (κ2) is 7.47. The molecule has 2 unspecified atom stereocenters. The van der Waals surface area contributed by atoms with Gasteiger partial charge < -0.3 is 0 Å². The Labute approximate surface area is 179 Å². The lowest BCUT2D eigenvalue weighted by atomic mass is 9.70. The van der Waals surface area contributed by atoms with Gasteiger partial charge in [0.25, 0.3) is 0 Å². The third kappa shape index (κ3) is 3.54. The molecule has 0 heterocycles. The van der Waals surface area contributed by atoms with Crippen LogP contribution in [0.25, 0.3) is 6.08 Å². The molecule has 2 saturated carbocycles. The number of hydrogen-bond donors (Lipinski definition) is 1. The van der Waals surface area contributed by atoms with Gasteiger partial charge in [-0.25, -0.2) is 13.1 Å². The number of carbonyl (C=O) groups is 1. The number of nitrogens with one attached hydrogen (secondary N) is 1. The van der Waals surface area contributed by atoms with Gasteiger partial charge in [-0.05, 0) is 48.3 Å². The molecule has 2 atom stereocenters. The first-order valence-electron chi connectivity index (χ1n) is 10.5. The number of rotatable bonds is 6. The van der Waals surface area contributed by atoms with Crippen LogP contribution in [0.5, 0.6) is 0 Å². The van der Waals surface area contributed by atoms with Crippen molar-refractivity contribution in [1.82, 2.24) is 4.72 Å². The van der Waals surface area contributed by atoms with Gasteiger partial charge >= 0.3 is 0 Å². The van der Waals surface area contributed by atoms with Gasteiger partial charge in [0.05, 0.1) is 11.2 Å². The Morgan fingerprint density at radius 3 is 2.40 bits per heavy atom. The van der Waals surface area contributed by atoms with Crippen LogP contribution < -0.4 is 4.72 Å². The summed E-state index contributed by atoms with van der Waals surface area (Å²) < 4.78 is 28.7. The van der Waals surface area contributed by atoms with Gasteiger partial charge in [-0.15, -0.1) is 0 Å². The van der Waals surface area contributed by atoms with Crippen LogP contribution in [0.15, 0.2) is 60.2 Å². The van der Waals surface area contributed by atoms with E-state index < -0.39 is 15.4 Å². The van der Waals surface area contributed by atoms with Gasteiger partial charge in [0, 0.05) is 12.1 Å². The second-order valence-electron chi connectivity index (χ2n) is 9.30. The van der Waals surface area contributed by atoms with Crippen molar-refractivity contribution in [2.75, 3.05) is 5.75 Å². The fourth-order valence-corrected chi connectivity index (χ4v) is 7.07. The van der Waals surface area contributed by atoms with E-state index in [1.165, 1.54) is 5.56 Å². The first-order valence-corrected chi connectivity index (χ1v) is 12.1. The molecule has 0 radical (unpaired) electrons. The minimum Gasteiger partial charge on any atom is -0.294 e. The lowest BCUT2D eigenvalue weighted by Gasteiger charge is -2.35. The molecule has 0 spiro atoms. The second-order valence-corrected chi connectivity index (χ2v) is 11.1. The van der Waals surface area contributed by atoms with Gasteiger partial charge in [0.15, 0.2) is 5.78 Å². The van der Waals surface area contributed by atoms with Crippen molar-refractivity contribution in [3.63, 3.8) is 0 Å². The van der Waals surface area contributed by atoms with Crippen molar-refractivity contribution < 1.29 is 13.2 Å². The molecule has 2 bridgehead atoms. The highest BCUT2D eigenvalue weighted by Crippen LogP contribution is 2.66. The molecule has 2 aromatic rings. The summed E-state index contributed by atoms with van der Waals surface area (Å²) in [6, 6.07) is 17.5. The minimum absolute atomic E-state index is 0.00871. The van der Waals surface area contributed by atoms with Crippen LogP contribution >= 0.6 is 0 Å². The number of carbonyl (C=O) groups excluding carboxylic acids is 1. The lowest BCUT2D eigenvalue weighted by Crippen LogP contribution is -2.45. The Morgan fingerprint density at radius 1 is 1.07 bits per heavy atom. The summed E-state index contributed by atoms with van der Waals surface area (Å²) in [7, 11) is -3.61. The Hall–Kier alpha value is -2.24. The molecule has 2 fully saturated rings. The smallest absolute Gasteiger partial charge is 0.212 e. The number of ketones is 1. The van der Waals surface area contributed by atoms with Crippen molar-refractivity contribution in [2.45, 2.75) is 40.2 Å². The molecule has 2 aliphatic carbocycles. The molecule has 5 heteroatoms. The van der Waals surface area contributed by atoms with E-state index in [4.69, 9.17) is 0 Å². The Balaban J connectivity index is 1.60. The van der Waals surface area contributed by atoms with Crippen molar-refractivity contribution in [1.29, 1.82) is 0 Å². The predicted molar refractivity (Wildman–Crippen MR) is 120 cm³/mol. The number of benzene rings is 2. The predicted octanol–water partition coefficient (Wildman–Crippen LogP) is 4.50. The normalized spacial score (nSPS) is 26.4. The summed E-state index contributed by atoms with van der Waals surface area (Å²) in [5.41, 5.74) is 2.60. The zero-order chi connectivity index (χ0) is 21.6. The van der Waals surface area contributed by atoms with Crippen LogP contribution in [-0.2, 0) is 21.4 Å². The number of fused-ring (bicyclic) bond motifs is 2. The number of sulfonamides is 1. The van der Waals surface area contributed by atoms with Crippen molar-refractivity contribution in [2.24, 2.45) is 16.7 Å². The number of hydrogen-bond acceptors (Lipinski definition) is 3. The molecule has 2 aromatic carbocycles. The Morgan fingerprint density at radius 2 is 1.73 bits per heavy atom. The van der Waals surface area contributed by atoms with Gasteiger partial charge in [0.2, 0.25) is 10.0 Å². The van der Waals surface area contributed by atoms with E-state index in [1.807, 2.05) is 67.6 Å². The standard InChI is InChI=1S/C25H29NO3S/c1-18-9-11-19(12-10-18)15-21-22-13-14-25(23(21)27,24(22,2)3)17-30(28,29)26-16-20-7-5-4-6-8-20/h4-12,15,22,26H,13-14,16-17H2,1-3H3/b21-15+. The summed E-state index contributed by atoms with van der Waals surface area (Å²) in [6.07, 6.45) is 3.45. The molecule has 4 rings (SSSR count). The molecule has 0 aromatic heterocycles. The maximum Gasteiger partial charge on any atom is 0.212 e. The van der Waals surface area contributed by atoms with Gasteiger partial charge in [-0.2, -0.15) is 0 Å². The monoisotopic (exact) mass is 423 g/mol. The molecule has 1 N–H and O–H groups in total. The molecular formula is C25H29NO3S. The number of aryl methyl sites for hydroxylation is 1. The molecule has 4 nitrogen and oxygen atoms in total. The summed E-state index contributed by atoms with van der Waals surface area (Å²) in [5.74, 6) is -0.0505. The van der Waals surface area contributed by atoms with Crippen LogP contribution in [0.3, 0.4) is 0 Å². The minimum atomic E-state index is -3.61. The maximum absolute atomic E-state index is 13.6. The van der Waals surface area contributed by atoms with Crippen LogP contribution in [0.2, 0.25) is 0 Å². The average Bonchev–Trinajstić information content (AvgIpc) is 3.03. The lowest BCUT2D eigenvalue weighted by molar-refractivity contribution is -0.125. The molecule has 0 saturated heterocycles. The SMILES string of the molecule is Cc1ccc(/C=C2/C(=O)C3(CS(=O)(=O)NCc4ccccc4)CCC2C3(C)C)cc1. The fraction of sp³-hybridized carbons (Fsp3) is 0.400. The van der Waals surface area contributed by atoms with E-state index in [-0.39, 0.29) is 29.4 Å². The third-order valence-corrected chi connectivity index (χ3v) is 8.67. The topological polar surface area (TPSA) is 63.2 Å². The summed E-state index contributed by atoms with van der Waals surface area (Å²) >= 11 is 0. The summed E-state index contributed by atoms with van der Waals surface area (Å²) in [6.45, 7) is 6.39. The first-order chi connectivity index (χ1) is 14.1.